The third-order valence-electron chi connectivity index (χ3n) is 6.43. The van der Waals surface area contributed by atoms with Crippen LogP contribution in [0.25, 0.3) is 0 Å². The monoisotopic (exact) mass is 610 g/mol. The molecule has 3 fully saturated rings. The van der Waals surface area contributed by atoms with Crippen molar-refractivity contribution in [2.45, 2.75) is 92.1 Å². The van der Waals surface area contributed by atoms with Gasteiger partial charge in [-0.2, -0.15) is 0 Å². The summed E-state index contributed by atoms with van der Waals surface area (Å²) in [6.45, 7) is -2.09. The fraction of sp³-hybridized carbons (Fsp3) is 1.00. The van der Waals surface area contributed by atoms with Crippen LogP contribution in [0.1, 0.15) is 0 Å². The molecule has 0 radical (unpaired) electrons. The van der Waals surface area contributed by atoms with E-state index < -0.39 is 112 Å². The maximum absolute atomic E-state index is 10.7. The molecular weight excluding hydrogens is 576 g/mol. The fourth-order valence-electron chi connectivity index (χ4n) is 4.34. The average Bonchev–Trinajstić information content (AvgIpc) is 2.90. The minimum absolute atomic E-state index is 0.128. The third kappa shape index (κ3) is 6.77. The Kier molecular flexibility index (Phi) is 11.8. The lowest BCUT2D eigenvalue weighted by atomic mass is 9.96. The first kappa shape index (κ1) is 31.4. The summed E-state index contributed by atoms with van der Waals surface area (Å²) < 4.78 is 32.5. The molecule has 0 spiro atoms. The molecule has 0 bridgehead atoms. The number of ether oxygens (including phenoxy) is 6. The molecule has 0 aromatic heterocycles. The highest BCUT2D eigenvalue weighted by Crippen LogP contribution is 2.32. The van der Waals surface area contributed by atoms with Gasteiger partial charge in [0, 0.05) is 5.33 Å². The summed E-state index contributed by atoms with van der Waals surface area (Å²) in [5, 5.41) is 102. The number of hydrogen-bond donors (Lipinski definition) is 10. The lowest BCUT2D eigenvalue weighted by molar-refractivity contribution is -0.379. The van der Waals surface area contributed by atoms with Crippen molar-refractivity contribution in [3.63, 3.8) is 0 Å². The first-order chi connectivity index (χ1) is 17.6. The molecule has 17 heteroatoms. The number of aliphatic hydroxyl groups is 10. The molecule has 3 saturated heterocycles. The van der Waals surface area contributed by atoms with Crippen LogP contribution in [0.3, 0.4) is 0 Å². The summed E-state index contributed by atoms with van der Waals surface area (Å²) in [5.41, 5.74) is 0. The van der Waals surface area contributed by atoms with Gasteiger partial charge in [0.25, 0.3) is 0 Å². The summed E-state index contributed by atoms with van der Waals surface area (Å²) in [4.78, 5) is 0. The normalized spacial score (nSPS) is 49.2. The number of rotatable bonds is 10. The van der Waals surface area contributed by atoms with Gasteiger partial charge in [-0.1, -0.05) is 15.9 Å². The van der Waals surface area contributed by atoms with E-state index in [-0.39, 0.29) is 6.61 Å². The Labute approximate surface area is 219 Å². The standard InChI is InChI=1S/C20H35BrO16/c21-1-2-32-18-14(30)11(27)16(7(4-23)34-18)37-20-15(31)12(28)17(8(5-24)35-20)36-19-13(29)10(26)9(25)6(3-22)33-19/h6-20,22-31H,1-5H2/t6-,7-,8-,9+,10+,11-,12-,13-,14-,15-,16-,17+,18-,19-,20+/m1/s1. The lowest BCUT2D eigenvalue weighted by Gasteiger charge is -2.48. The van der Waals surface area contributed by atoms with E-state index >= 15 is 0 Å². The molecule has 0 aromatic carbocycles. The zero-order valence-corrected chi connectivity index (χ0v) is 21.1. The van der Waals surface area contributed by atoms with Crippen molar-refractivity contribution < 1.29 is 79.5 Å². The molecule has 0 unspecified atom stereocenters. The molecule has 0 amide bonds. The summed E-state index contributed by atoms with van der Waals surface area (Å²) in [5.74, 6) is 0. The number of aliphatic hydroxyl groups excluding tert-OH is 10. The average molecular weight is 611 g/mol. The van der Waals surface area contributed by atoms with Crippen LogP contribution in [0, 0.1) is 0 Å². The van der Waals surface area contributed by atoms with Crippen LogP contribution in [0.2, 0.25) is 0 Å². The molecule has 0 aromatic rings. The number of halogens is 1. The molecule has 0 aliphatic carbocycles. The van der Waals surface area contributed by atoms with Gasteiger partial charge in [0.05, 0.1) is 26.4 Å². The lowest BCUT2D eigenvalue weighted by Crippen LogP contribution is -2.66. The summed E-state index contributed by atoms with van der Waals surface area (Å²) >= 11 is 3.14. The van der Waals surface area contributed by atoms with Crippen molar-refractivity contribution in [1.82, 2.24) is 0 Å². The maximum Gasteiger partial charge on any atom is 0.187 e. The quantitative estimate of drug-likeness (QED) is 0.103. The van der Waals surface area contributed by atoms with E-state index in [0.29, 0.717) is 5.33 Å². The van der Waals surface area contributed by atoms with Gasteiger partial charge >= 0.3 is 0 Å². The Morgan fingerprint density at radius 2 is 0.919 bits per heavy atom. The van der Waals surface area contributed by atoms with E-state index in [9.17, 15) is 51.1 Å². The highest BCUT2D eigenvalue weighted by Gasteiger charge is 2.53. The van der Waals surface area contributed by atoms with Gasteiger partial charge in [0.2, 0.25) is 0 Å². The van der Waals surface area contributed by atoms with E-state index in [1.165, 1.54) is 0 Å². The van der Waals surface area contributed by atoms with Crippen molar-refractivity contribution in [2.75, 3.05) is 31.8 Å². The second-order valence-corrected chi connectivity index (χ2v) is 9.66. The topological polar surface area (TPSA) is 258 Å². The van der Waals surface area contributed by atoms with Crippen LogP contribution in [-0.2, 0) is 28.4 Å². The molecule has 37 heavy (non-hydrogen) atoms. The Morgan fingerprint density at radius 3 is 1.38 bits per heavy atom. The molecule has 3 heterocycles. The van der Waals surface area contributed by atoms with Gasteiger partial charge in [-0.05, 0) is 0 Å². The largest absolute Gasteiger partial charge is 0.394 e. The summed E-state index contributed by atoms with van der Waals surface area (Å²) in [7, 11) is 0. The highest BCUT2D eigenvalue weighted by molar-refractivity contribution is 9.09. The van der Waals surface area contributed by atoms with Crippen molar-refractivity contribution >= 4 is 15.9 Å². The Morgan fingerprint density at radius 1 is 0.514 bits per heavy atom. The van der Waals surface area contributed by atoms with Crippen LogP contribution < -0.4 is 0 Å². The van der Waals surface area contributed by atoms with Gasteiger partial charge < -0.3 is 79.5 Å². The Bertz CT molecular complexity index is 687. The molecular formula is C20H35BrO16. The van der Waals surface area contributed by atoms with Crippen molar-refractivity contribution in [3.8, 4) is 0 Å². The van der Waals surface area contributed by atoms with E-state index in [1.54, 1.807) is 0 Å². The molecule has 3 aliphatic rings. The van der Waals surface area contributed by atoms with Crippen LogP contribution in [0.5, 0.6) is 0 Å². The maximum atomic E-state index is 10.7. The van der Waals surface area contributed by atoms with E-state index in [4.69, 9.17) is 28.4 Å². The molecule has 0 saturated carbocycles. The van der Waals surface area contributed by atoms with Crippen LogP contribution in [0.15, 0.2) is 0 Å². The first-order valence-electron chi connectivity index (χ1n) is 11.6. The zero-order chi connectivity index (χ0) is 27.4. The molecule has 15 atom stereocenters. The van der Waals surface area contributed by atoms with Crippen LogP contribution >= 0.6 is 15.9 Å². The third-order valence-corrected chi connectivity index (χ3v) is 6.76. The van der Waals surface area contributed by atoms with E-state index in [0.717, 1.165) is 0 Å². The molecule has 3 rings (SSSR count). The molecule has 10 N–H and O–H groups in total. The van der Waals surface area contributed by atoms with Gasteiger partial charge in [-0.15, -0.1) is 0 Å². The van der Waals surface area contributed by atoms with Crippen LogP contribution in [-0.4, -0.2) is 175 Å². The Hall–Kier alpha value is -0.160. The molecule has 16 nitrogen and oxygen atoms in total. The highest BCUT2D eigenvalue weighted by atomic mass is 79.9. The van der Waals surface area contributed by atoms with E-state index in [1.807, 2.05) is 0 Å². The van der Waals surface area contributed by atoms with Gasteiger partial charge in [-0.25, -0.2) is 0 Å². The minimum atomic E-state index is -1.89. The summed E-state index contributed by atoms with van der Waals surface area (Å²) in [6, 6.07) is 0. The second kappa shape index (κ2) is 14.0. The van der Waals surface area contributed by atoms with Crippen LogP contribution in [0.4, 0.5) is 0 Å². The predicted octanol–water partition coefficient (Wildman–Crippen LogP) is -6.15. The smallest absolute Gasteiger partial charge is 0.187 e. The van der Waals surface area contributed by atoms with Gasteiger partial charge in [0.15, 0.2) is 18.9 Å². The predicted molar refractivity (Wildman–Crippen MR) is 119 cm³/mol. The second-order valence-electron chi connectivity index (χ2n) is 8.87. The van der Waals surface area contributed by atoms with Gasteiger partial charge in [0.1, 0.15) is 73.2 Å². The van der Waals surface area contributed by atoms with Crippen molar-refractivity contribution in [1.29, 1.82) is 0 Å². The minimum Gasteiger partial charge on any atom is -0.394 e. The van der Waals surface area contributed by atoms with Gasteiger partial charge in [-0.3, -0.25) is 0 Å². The number of hydrogen-bond acceptors (Lipinski definition) is 16. The molecule has 218 valence electrons. The first-order valence-corrected chi connectivity index (χ1v) is 12.8. The fourth-order valence-corrected chi connectivity index (χ4v) is 4.53. The SMILES string of the molecule is OC[C@H]1O[C@H](O[C@@H]2[C@H](O)[C@@H](O)[C@H](O[C@H]3[C@H](O)[C@@H](O)[C@H](OCCBr)O[C@@H]3CO)O[C@@H]2CO)[C@H](O)[C@@H](O)[C@H]1O. The molecule has 3 aliphatic heterocycles. The number of alkyl halides is 1. The zero-order valence-electron chi connectivity index (χ0n) is 19.5. The van der Waals surface area contributed by atoms with Crippen molar-refractivity contribution in [3.05, 3.63) is 0 Å². The Balaban J connectivity index is 1.70. The van der Waals surface area contributed by atoms with Crippen molar-refractivity contribution in [2.24, 2.45) is 0 Å². The summed E-state index contributed by atoms with van der Waals surface area (Å²) in [6.07, 6.45) is -23.9. The van der Waals surface area contributed by atoms with E-state index in [2.05, 4.69) is 15.9 Å².